The molecule has 1 N–H and O–H groups in total. The SMILES string of the molecule is CCN(CC(=O)O)C(=O)c1csc(Cc2cccc(F)c2)n1. The van der Waals surface area contributed by atoms with E-state index >= 15 is 0 Å². The first-order valence-electron chi connectivity index (χ1n) is 6.69. The van der Waals surface area contributed by atoms with Gasteiger partial charge >= 0.3 is 5.97 Å². The van der Waals surface area contributed by atoms with E-state index in [-0.39, 0.29) is 18.1 Å². The lowest BCUT2D eigenvalue weighted by molar-refractivity contribution is -0.137. The molecule has 0 saturated heterocycles. The molecule has 0 atom stereocenters. The molecule has 0 fully saturated rings. The number of likely N-dealkylation sites (N-methyl/N-ethyl adjacent to an activating group) is 1. The van der Waals surface area contributed by atoms with Crippen molar-refractivity contribution in [2.45, 2.75) is 13.3 Å². The van der Waals surface area contributed by atoms with Gasteiger partial charge in [-0.15, -0.1) is 11.3 Å². The van der Waals surface area contributed by atoms with Crippen molar-refractivity contribution < 1.29 is 19.1 Å². The normalized spacial score (nSPS) is 10.5. The minimum absolute atomic E-state index is 0.222. The zero-order chi connectivity index (χ0) is 16.1. The minimum Gasteiger partial charge on any atom is -0.480 e. The maximum atomic E-state index is 13.1. The topological polar surface area (TPSA) is 70.5 Å². The van der Waals surface area contributed by atoms with Gasteiger partial charge in [-0.2, -0.15) is 0 Å². The fourth-order valence-electron chi connectivity index (χ4n) is 1.96. The van der Waals surface area contributed by atoms with Gasteiger partial charge in [0.15, 0.2) is 0 Å². The van der Waals surface area contributed by atoms with E-state index < -0.39 is 11.9 Å². The Labute approximate surface area is 131 Å². The number of carbonyl (C=O) groups is 2. The highest BCUT2D eigenvalue weighted by atomic mass is 32.1. The molecule has 5 nitrogen and oxygen atoms in total. The van der Waals surface area contributed by atoms with Crippen LogP contribution in [0.15, 0.2) is 29.6 Å². The lowest BCUT2D eigenvalue weighted by Gasteiger charge is -2.16. The van der Waals surface area contributed by atoms with Gasteiger partial charge in [-0.1, -0.05) is 12.1 Å². The van der Waals surface area contributed by atoms with E-state index in [4.69, 9.17) is 5.11 Å². The van der Waals surface area contributed by atoms with Gasteiger partial charge < -0.3 is 10.0 Å². The summed E-state index contributed by atoms with van der Waals surface area (Å²) in [5.74, 6) is -1.79. The summed E-state index contributed by atoms with van der Waals surface area (Å²) in [6.45, 7) is 1.65. The number of benzene rings is 1. The lowest BCUT2D eigenvalue weighted by atomic mass is 10.1. The van der Waals surface area contributed by atoms with Crippen LogP contribution in [-0.4, -0.2) is 40.0 Å². The van der Waals surface area contributed by atoms with Crippen molar-refractivity contribution in [3.05, 3.63) is 51.7 Å². The maximum absolute atomic E-state index is 13.1. The first-order chi connectivity index (χ1) is 10.5. The second-order valence-corrected chi connectivity index (χ2v) is 5.59. The molecule has 2 aromatic rings. The molecule has 0 aliphatic heterocycles. The highest BCUT2D eigenvalue weighted by Crippen LogP contribution is 2.16. The zero-order valence-electron chi connectivity index (χ0n) is 12.0. The average Bonchev–Trinajstić information content (AvgIpc) is 2.92. The number of aliphatic carboxylic acids is 1. The third-order valence-corrected chi connectivity index (χ3v) is 3.86. The third-order valence-electron chi connectivity index (χ3n) is 3.01. The van der Waals surface area contributed by atoms with Crippen LogP contribution in [0.1, 0.15) is 28.0 Å². The summed E-state index contributed by atoms with van der Waals surface area (Å²) in [7, 11) is 0. The second-order valence-electron chi connectivity index (χ2n) is 4.65. The summed E-state index contributed by atoms with van der Waals surface area (Å²) >= 11 is 1.30. The second kappa shape index (κ2) is 7.13. The predicted octanol–water partition coefficient (Wildman–Crippen LogP) is 2.42. The molecule has 1 aromatic carbocycles. The molecule has 7 heteroatoms. The van der Waals surface area contributed by atoms with Crippen LogP contribution >= 0.6 is 11.3 Å². The first-order valence-corrected chi connectivity index (χ1v) is 7.57. The summed E-state index contributed by atoms with van der Waals surface area (Å²) < 4.78 is 13.1. The van der Waals surface area contributed by atoms with Crippen LogP contribution in [0.4, 0.5) is 4.39 Å². The number of carbonyl (C=O) groups excluding carboxylic acids is 1. The Bertz CT molecular complexity index is 687. The molecule has 0 aliphatic carbocycles. The Morgan fingerprint density at radius 3 is 2.82 bits per heavy atom. The highest BCUT2D eigenvalue weighted by Gasteiger charge is 2.19. The van der Waals surface area contributed by atoms with Crippen LogP contribution in [0.5, 0.6) is 0 Å². The van der Waals surface area contributed by atoms with E-state index in [1.807, 2.05) is 0 Å². The van der Waals surface area contributed by atoms with Gasteiger partial charge in [0.2, 0.25) is 0 Å². The van der Waals surface area contributed by atoms with Crippen molar-refractivity contribution in [2.75, 3.05) is 13.1 Å². The van der Waals surface area contributed by atoms with Crippen LogP contribution in [0.25, 0.3) is 0 Å². The summed E-state index contributed by atoms with van der Waals surface area (Å²) in [6.07, 6.45) is 0.431. The molecule has 2 rings (SSSR count). The van der Waals surface area contributed by atoms with Crippen LogP contribution in [-0.2, 0) is 11.2 Å². The number of halogens is 1. The number of nitrogens with zero attached hydrogens (tertiary/aromatic N) is 2. The Kier molecular flexibility index (Phi) is 5.21. The van der Waals surface area contributed by atoms with Crippen molar-refractivity contribution in [1.82, 2.24) is 9.88 Å². The van der Waals surface area contributed by atoms with Gasteiger partial charge in [0.1, 0.15) is 18.1 Å². The van der Waals surface area contributed by atoms with E-state index in [1.54, 1.807) is 24.4 Å². The van der Waals surface area contributed by atoms with Crippen molar-refractivity contribution in [3.8, 4) is 0 Å². The fraction of sp³-hybridized carbons (Fsp3) is 0.267. The Morgan fingerprint density at radius 1 is 1.41 bits per heavy atom. The molecule has 0 aliphatic rings. The molecule has 116 valence electrons. The van der Waals surface area contributed by atoms with Gasteiger partial charge in [0, 0.05) is 18.3 Å². The van der Waals surface area contributed by atoms with Crippen molar-refractivity contribution in [1.29, 1.82) is 0 Å². The number of thiazole rings is 1. The molecule has 1 heterocycles. The predicted molar refractivity (Wildman–Crippen MR) is 80.5 cm³/mol. The van der Waals surface area contributed by atoms with E-state index in [1.165, 1.54) is 28.4 Å². The minimum atomic E-state index is -1.06. The molecule has 0 radical (unpaired) electrons. The molecule has 1 amide bonds. The molecular formula is C15H15FN2O3S. The van der Waals surface area contributed by atoms with Gasteiger partial charge in [0.05, 0.1) is 5.01 Å². The molecule has 0 unspecified atom stereocenters. The van der Waals surface area contributed by atoms with Crippen molar-refractivity contribution in [3.63, 3.8) is 0 Å². The van der Waals surface area contributed by atoms with E-state index in [0.29, 0.717) is 18.0 Å². The largest absolute Gasteiger partial charge is 0.480 e. The number of hydrogen-bond acceptors (Lipinski definition) is 4. The number of aromatic nitrogens is 1. The highest BCUT2D eigenvalue weighted by molar-refractivity contribution is 7.09. The van der Waals surface area contributed by atoms with Crippen LogP contribution in [0.2, 0.25) is 0 Å². The monoisotopic (exact) mass is 322 g/mol. The number of amides is 1. The molecule has 0 bridgehead atoms. The number of rotatable bonds is 6. The summed E-state index contributed by atoms with van der Waals surface area (Å²) in [6, 6.07) is 6.20. The number of carboxylic acids is 1. The summed E-state index contributed by atoms with van der Waals surface area (Å²) in [4.78, 5) is 28.3. The van der Waals surface area contributed by atoms with Gasteiger partial charge in [-0.25, -0.2) is 9.37 Å². The van der Waals surface area contributed by atoms with Gasteiger partial charge in [-0.05, 0) is 24.6 Å². The third kappa shape index (κ3) is 4.11. The van der Waals surface area contributed by atoms with Gasteiger partial charge in [0.25, 0.3) is 5.91 Å². The van der Waals surface area contributed by atoms with Crippen LogP contribution in [0.3, 0.4) is 0 Å². The van der Waals surface area contributed by atoms with E-state index in [9.17, 15) is 14.0 Å². The van der Waals surface area contributed by atoms with E-state index in [2.05, 4.69) is 4.98 Å². The van der Waals surface area contributed by atoms with Crippen LogP contribution < -0.4 is 0 Å². The Hall–Kier alpha value is -2.28. The smallest absolute Gasteiger partial charge is 0.323 e. The Balaban J connectivity index is 2.10. The first kappa shape index (κ1) is 16.1. The molecular weight excluding hydrogens is 307 g/mol. The van der Waals surface area contributed by atoms with Crippen LogP contribution in [0, 0.1) is 5.82 Å². The summed E-state index contributed by atoms with van der Waals surface area (Å²) in [5.41, 5.74) is 0.991. The standard InChI is InChI=1S/C15H15FN2O3S/c1-2-18(8-14(19)20)15(21)12-9-22-13(17-12)7-10-4-3-5-11(16)6-10/h3-6,9H,2,7-8H2,1H3,(H,19,20). The zero-order valence-corrected chi connectivity index (χ0v) is 12.8. The average molecular weight is 322 g/mol. The quantitative estimate of drug-likeness (QED) is 0.886. The lowest BCUT2D eigenvalue weighted by Crippen LogP contribution is -2.35. The fourth-order valence-corrected chi connectivity index (χ4v) is 2.77. The summed E-state index contributed by atoms with van der Waals surface area (Å²) in [5, 5.41) is 11.1. The number of carboxylic acid groups (broad SMARTS) is 1. The van der Waals surface area contributed by atoms with Crippen molar-refractivity contribution in [2.24, 2.45) is 0 Å². The molecule has 0 saturated carbocycles. The van der Waals surface area contributed by atoms with E-state index in [0.717, 1.165) is 5.56 Å². The Morgan fingerprint density at radius 2 is 2.18 bits per heavy atom. The molecule has 0 spiro atoms. The van der Waals surface area contributed by atoms with Gasteiger partial charge in [-0.3, -0.25) is 9.59 Å². The van der Waals surface area contributed by atoms with Crippen molar-refractivity contribution >= 4 is 23.2 Å². The maximum Gasteiger partial charge on any atom is 0.323 e. The number of hydrogen-bond donors (Lipinski definition) is 1. The molecule has 1 aromatic heterocycles. The molecule has 22 heavy (non-hydrogen) atoms.